The van der Waals surface area contributed by atoms with Gasteiger partial charge in [-0.25, -0.2) is 0 Å². The van der Waals surface area contributed by atoms with E-state index in [1.165, 1.54) is 122 Å². The molecule has 0 bridgehead atoms. The van der Waals surface area contributed by atoms with Crippen molar-refractivity contribution in [3.63, 3.8) is 0 Å². The number of benzene rings is 2. The fraction of sp³-hybridized carbons (Fsp3) is 0.684. The topological polar surface area (TPSA) is 36.9 Å². The molecule has 0 amide bonds. The molecule has 1 unspecified atom stereocenters. The lowest BCUT2D eigenvalue weighted by molar-refractivity contribution is 0.0406. The molecule has 0 aliphatic carbocycles. The Morgan fingerprint density at radius 3 is 1.37 bits per heavy atom. The van der Waals surface area contributed by atoms with Crippen LogP contribution in [-0.2, 0) is 9.26 Å². The highest BCUT2D eigenvalue weighted by molar-refractivity contribution is 7.42. The third-order valence-electron chi connectivity index (χ3n) is 8.02. The van der Waals surface area contributed by atoms with Gasteiger partial charge >= 0.3 is 8.60 Å². The second-order valence-corrected chi connectivity index (χ2v) is 13.0. The largest absolute Gasteiger partial charge is 0.463 e. The number of hydrogen-bond donors (Lipinski definition) is 0. The van der Waals surface area contributed by atoms with E-state index in [1.807, 2.05) is 60.7 Å². The number of ether oxygens (including phenoxy) is 1. The van der Waals surface area contributed by atoms with Crippen molar-refractivity contribution in [2.75, 3.05) is 13.2 Å². The molecule has 0 aromatic heterocycles. The minimum atomic E-state index is -1.48. The zero-order valence-corrected chi connectivity index (χ0v) is 28.6. The fourth-order valence-electron chi connectivity index (χ4n) is 5.30. The summed E-state index contributed by atoms with van der Waals surface area (Å²) < 4.78 is 24.2. The number of unbranched alkanes of at least 4 members (excludes halogenated alkanes) is 17. The van der Waals surface area contributed by atoms with Gasteiger partial charge in [-0.3, -0.25) is 4.52 Å². The van der Waals surface area contributed by atoms with Crippen LogP contribution < -0.4 is 9.05 Å². The van der Waals surface area contributed by atoms with Crippen LogP contribution in [0.5, 0.6) is 11.5 Å². The molecule has 2 aromatic carbocycles. The summed E-state index contributed by atoms with van der Waals surface area (Å²) in [5, 5.41) is 0. The molecule has 0 heterocycles. The molecule has 0 aliphatic heterocycles. The Kier molecular flexibility index (Phi) is 24.4. The van der Waals surface area contributed by atoms with Crippen LogP contribution in [0, 0.1) is 0 Å². The Balaban J connectivity index is 1.39. The monoisotopic (exact) mass is 614 g/mol. The zero-order chi connectivity index (χ0) is 30.5. The SMILES string of the molecule is CCCCCCCCCCCCCOC(CC)CCCCCCCCCCOP(Oc1ccccc1)Oc1ccccc1. The molecular weight excluding hydrogens is 551 g/mol. The minimum Gasteiger partial charge on any atom is -0.418 e. The minimum absolute atomic E-state index is 0.463. The van der Waals surface area contributed by atoms with E-state index in [0.29, 0.717) is 12.7 Å². The van der Waals surface area contributed by atoms with Crippen molar-refractivity contribution in [1.29, 1.82) is 0 Å². The van der Waals surface area contributed by atoms with Crippen molar-refractivity contribution in [2.24, 2.45) is 0 Å². The molecule has 0 radical (unpaired) electrons. The maximum absolute atomic E-state index is 6.21. The van der Waals surface area contributed by atoms with E-state index < -0.39 is 8.60 Å². The van der Waals surface area contributed by atoms with Gasteiger partial charge in [-0.05, 0) is 49.9 Å². The van der Waals surface area contributed by atoms with Gasteiger partial charge in [0.1, 0.15) is 11.5 Å². The lowest BCUT2D eigenvalue weighted by atomic mass is 10.0. The second-order valence-electron chi connectivity index (χ2n) is 11.9. The summed E-state index contributed by atoms with van der Waals surface area (Å²) in [6.07, 6.45) is 28.2. The lowest BCUT2D eigenvalue weighted by Crippen LogP contribution is -2.12. The van der Waals surface area contributed by atoms with Gasteiger partial charge < -0.3 is 13.8 Å². The van der Waals surface area contributed by atoms with Gasteiger partial charge in [0.25, 0.3) is 0 Å². The molecule has 0 fully saturated rings. The summed E-state index contributed by atoms with van der Waals surface area (Å²) >= 11 is 0. The average molecular weight is 615 g/mol. The molecule has 0 saturated heterocycles. The Labute approximate surface area is 266 Å². The smallest absolute Gasteiger partial charge is 0.418 e. The second kappa shape index (κ2) is 27.9. The van der Waals surface area contributed by atoms with E-state index in [9.17, 15) is 0 Å². The molecule has 5 heteroatoms. The molecule has 0 saturated carbocycles. The third-order valence-corrected chi connectivity index (χ3v) is 9.13. The van der Waals surface area contributed by atoms with E-state index >= 15 is 0 Å². The van der Waals surface area contributed by atoms with E-state index in [1.54, 1.807) is 0 Å². The van der Waals surface area contributed by atoms with E-state index in [0.717, 1.165) is 30.9 Å². The summed E-state index contributed by atoms with van der Waals surface area (Å²) in [5.41, 5.74) is 0. The number of hydrogen-bond acceptors (Lipinski definition) is 4. The molecular formula is C38H63O4P. The summed E-state index contributed by atoms with van der Waals surface area (Å²) in [4.78, 5) is 0. The molecule has 4 nitrogen and oxygen atoms in total. The van der Waals surface area contributed by atoms with E-state index in [-0.39, 0.29) is 0 Å². The van der Waals surface area contributed by atoms with Crippen LogP contribution in [-0.4, -0.2) is 19.3 Å². The Hall–Kier alpha value is -1.61. The van der Waals surface area contributed by atoms with Gasteiger partial charge in [0.15, 0.2) is 0 Å². The fourth-order valence-corrected chi connectivity index (χ4v) is 6.31. The predicted octanol–water partition coefficient (Wildman–Crippen LogP) is 13.0. The lowest BCUT2D eigenvalue weighted by Gasteiger charge is -2.17. The Bertz CT molecular complexity index is 793. The highest BCUT2D eigenvalue weighted by Gasteiger charge is 2.17. The molecule has 1 atom stereocenters. The Morgan fingerprint density at radius 1 is 0.488 bits per heavy atom. The first-order valence-electron chi connectivity index (χ1n) is 17.8. The van der Waals surface area contributed by atoms with Crippen molar-refractivity contribution < 1.29 is 18.3 Å². The van der Waals surface area contributed by atoms with Gasteiger partial charge in [-0.2, -0.15) is 0 Å². The van der Waals surface area contributed by atoms with Crippen molar-refractivity contribution in [3.05, 3.63) is 60.7 Å². The van der Waals surface area contributed by atoms with Crippen molar-refractivity contribution in [3.8, 4) is 11.5 Å². The van der Waals surface area contributed by atoms with Gasteiger partial charge in [-0.15, -0.1) is 0 Å². The van der Waals surface area contributed by atoms with Crippen LogP contribution in [0.25, 0.3) is 0 Å². The molecule has 0 N–H and O–H groups in total. The van der Waals surface area contributed by atoms with Crippen molar-refractivity contribution in [1.82, 2.24) is 0 Å². The maximum Gasteiger partial charge on any atom is 0.463 e. The average Bonchev–Trinajstić information content (AvgIpc) is 3.04. The highest BCUT2D eigenvalue weighted by Crippen LogP contribution is 2.41. The van der Waals surface area contributed by atoms with Crippen molar-refractivity contribution >= 4 is 8.60 Å². The molecule has 0 spiro atoms. The molecule has 43 heavy (non-hydrogen) atoms. The zero-order valence-electron chi connectivity index (χ0n) is 27.7. The molecule has 2 aromatic rings. The molecule has 244 valence electrons. The number of para-hydroxylation sites is 2. The van der Waals surface area contributed by atoms with Crippen molar-refractivity contribution in [2.45, 2.75) is 155 Å². The van der Waals surface area contributed by atoms with Gasteiger partial charge in [0.2, 0.25) is 0 Å². The first kappa shape index (κ1) is 37.6. The first-order chi connectivity index (χ1) is 21.3. The van der Waals surface area contributed by atoms with Crippen LogP contribution in [0.4, 0.5) is 0 Å². The summed E-state index contributed by atoms with van der Waals surface area (Å²) in [7, 11) is -1.48. The van der Waals surface area contributed by atoms with Gasteiger partial charge in [0.05, 0.1) is 12.7 Å². The van der Waals surface area contributed by atoms with Gasteiger partial charge in [0, 0.05) is 6.61 Å². The van der Waals surface area contributed by atoms with Crippen LogP contribution in [0.1, 0.15) is 149 Å². The first-order valence-corrected chi connectivity index (χ1v) is 18.9. The third kappa shape index (κ3) is 21.7. The van der Waals surface area contributed by atoms with E-state index in [2.05, 4.69) is 13.8 Å². The van der Waals surface area contributed by atoms with Crippen LogP contribution in [0.15, 0.2) is 60.7 Å². The molecule has 0 aliphatic rings. The van der Waals surface area contributed by atoms with Crippen LogP contribution >= 0.6 is 8.60 Å². The Morgan fingerprint density at radius 2 is 0.907 bits per heavy atom. The van der Waals surface area contributed by atoms with Crippen LogP contribution in [0.3, 0.4) is 0 Å². The van der Waals surface area contributed by atoms with Crippen LogP contribution in [0.2, 0.25) is 0 Å². The van der Waals surface area contributed by atoms with Gasteiger partial charge in [-0.1, -0.05) is 159 Å². The number of rotatable bonds is 30. The predicted molar refractivity (Wildman–Crippen MR) is 185 cm³/mol. The normalized spacial score (nSPS) is 12.1. The quantitative estimate of drug-likeness (QED) is 0.0648. The summed E-state index contributed by atoms with van der Waals surface area (Å²) in [6, 6.07) is 19.5. The van der Waals surface area contributed by atoms with E-state index in [4.69, 9.17) is 18.3 Å². The summed E-state index contributed by atoms with van der Waals surface area (Å²) in [5.74, 6) is 1.54. The standard InChI is InChI=1S/C38H63O4P/c1-3-5-6-7-8-9-10-12-15-18-27-34-39-36(4-2)29-22-17-14-11-13-16-19-28-35-40-43(41-37-30-23-20-24-31-37)42-38-32-25-21-26-33-38/h20-21,23-26,30-33,36H,3-19,22,27-29,34-35H2,1-2H3. The highest BCUT2D eigenvalue weighted by atomic mass is 31.2. The molecule has 2 rings (SSSR count). The maximum atomic E-state index is 6.21. The summed E-state index contributed by atoms with van der Waals surface area (Å²) in [6.45, 7) is 6.18.